The Bertz CT molecular complexity index is 211. The number of amides is 1. The third-order valence-corrected chi connectivity index (χ3v) is 5.17. The van der Waals surface area contributed by atoms with Crippen molar-refractivity contribution in [1.82, 2.24) is 4.90 Å². The van der Waals surface area contributed by atoms with Crippen LogP contribution >= 0.6 is 21.6 Å². The molecule has 0 aromatic carbocycles. The van der Waals surface area contributed by atoms with Crippen LogP contribution in [0.15, 0.2) is 0 Å². The molecule has 3 nitrogen and oxygen atoms in total. The maximum absolute atomic E-state index is 11.9. The summed E-state index contributed by atoms with van der Waals surface area (Å²) in [5.74, 6) is 2.71. The molecule has 1 saturated heterocycles. The number of nitrogens with zero attached hydrogens (tertiary/aromatic N) is 1. The van der Waals surface area contributed by atoms with Crippen molar-refractivity contribution in [1.29, 1.82) is 0 Å². The van der Waals surface area contributed by atoms with Gasteiger partial charge in [0, 0.05) is 36.6 Å². The Hall–Kier alpha value is 0.130. The standard InChI is InChI=1S/C9H16N2OS2/c10-8-5-7(6-8)9(12)11-1-3-13-14-4-2-11/h7-8H,1-6,10H2. The third-order valence-electron chi connectivity index (χ3n) is 2.81. The molecule has 5 heteroatoms. The lowest BCUT2D eigenvalue weighted by Gasteiger charge is -2.35. The summed E-state index contributed by atoms with van der Waals surface area (Å²) in [6, 6.07) is 0.277. The maximum Gasteiger partial charge on any atom is 0.225 e. The summed E-state index contributed by atoms with van der Waals surface area (Å²) in [5.41, 5.74) is 5.69. The molecule has 14 heavy (non-hydrogen) atoms. The van der Waals surface area contributed by atoms with E-state index in [-0.39, 0.29) is 12.0 Å². The van der Waals surface area contributed by atoms with Crippen LogP contribution in [0.1, 0.15) is 12.8 Å². The Labute approximate surface area is 92.6 Å². The van der Waals surface area contributed by atoms with Gasteiger partial charge in [0.05, 0.1) is 0 Å². The van der Waals surface area contributed by atoms with Crippen molar-refractivity contribution < 1.29 is 4.79 Å². The molecule has 2 aliphatic rings. The summed E-state index contributed by atoms with van der Waals surface area (Å²) in [6.07, 6.45) is 1.80. The van der Waals surface area contributed by atoms with Crippen molar-refractivity contribution in [2.24, 2.45) is 11.7 Å². The first kappa shape index (κ1) is 10.6. The molecule has 2 N–H and O–H groups in total. The number of hydrogen-bond acceptors (Lipinski definition) is 4. The molecule has 2 fully saturated rings. The molecule has 0 spiro atoms. The van der Waals surface area contributed by atoms with Gasteiger partial charge in [-0.15, -0.1) is 0 Å². The first-order chi connectivity index (χ1) is 6.77. The van der Waals surface area contributed by atoms with Gasteiger partial charge >= 0.3 is 0 Å². The fourth-order valence-corrected chi connectivity index (χ4v) is 3.85. The van der Waals surface area contributed by atoms with Gasteiger partial charge in [-0.05, 0) is 12.8 Å². The summed E-state index contributed by atoms with van der Waals surface area (Å²) in [4.78, 5) is 13.9. The van der Waals surface area contributed by atoms with Crippen molar-refractivity contribution in [3.63, 3.8) is 0 Å². The monoisotopic (exact) mass is 232 g/mol. The zero-order valence-electron chi connectivity index (χ0n) is 8.15. The lowest BCUT2D eigenvalue weighted by molar-refractivity contribution is -0.138. The zero-order chi connectivity index (χ0) is 9.97. The highest BCUT2D eigenvalue weighted by Gasteiger charge is 2.34. The summed E-state index contributed by atoms with van der Waals surface area (Å²) in [5, 5.41) is 0. The molecule has 1 aliphatic heterocycles. The molecule has 1 amide bonds. The molecule has 0 bridgehead atoms. The molecule has 0 unspecified atom stereocenters. The van der Waals surface area contributed by atoms with Crippen LogP contribution in [-0.2, 0) is 4.79 Å². The van der Waals surface area contributed by atoms with Gasteiger partial charge in [-0.1, -0.05) is 21.6 Å². The van der Waals surface area contributed by atoms with Gasteiger partial charge in [-0.3, -0.25) is 4.79 Å². The summed E-state index contributed by atoms with van der Waals surface area (Å²) >= 11 is 0. The molecular formula is C9H16N2OS2. The van der Waals surface area contributed by atoms with Crippen LogP contribution in [0.2, 0.25) is 0 Å². The number of carbonyl (C=O) groups is 1. The van der Waals surface area contributed by atoms with E-state index in [0.29, 0.717) is 5.91 Å². The molecule has 80 valence electrons. The minimum Gasteiger partial charge on any atom is -0.341 e. The predicted molar refractivity (Wildman–Crippen MR) is 62.2 cm³/mol. The summed E-state index contributed by atoms with van der Waals surface area (Å²) in [6.45, 7) is 1.84. The van der Waals surface area contributed by atoms with E-state index in [4.69, 9.17) is 5.73 Å². The average molecular weight is 232 g/mol. The van der Waals surface area contributed by atoms with Gasteiger partial charge in [-0.25, -0.2) is 0 Å². The fraction of sp³-hybridized carbons (Fsp3) is 0.889. The topological polar surface area (TPSA) is 46.3 Å². The van der Waals surface area contributed by atoms with Crippen molar-refractivity contribution in [2.75, 3.05) is 24.6 Å². The predicted octanol–water partition coefficient (Wildman–Crippen LogP) is 0.947. The van der Waals surface area contributed by atoms with E-state index in [1.54, 1.807) is 0 Å². The van der Waals surface area contributed by atoms with Crippen LogP contribution in [0.5, 0.6) is 0 Å². The van der Waals surface area contributed by atoms with Crippen LogP contribution in [0.3, 0.4) is 0 Å². The number of hydrogen-bond donors (Lipinski definition) is 1. The molecule has 0 radical (unpaired) electrons. The van der Waals surface area contributed by atoms with Crippen LogP contribution in [-0.4, -0.2) is 41.4 Å². The van der Waals surface area contributed by atoms with E-state index in [1.807, 2.05) is 26.5 Å². The van der Waals surface area contributed by atoms with Gasteiger partial charge < -0.3 is 10.6 Å². The lowest BCUT2D eigenvalue weighted by atomic mass is 9.80. The molecule has 0 aromatic heterocycles. The van der Waals surface area contributed by atoms with E-state index in [0.717, 1.165) is 37.4 Å². The third kappa shape index (κ3) is 2.38. The summed E-state index contributed by atoms with van der Waals surface area (Å²) < 4.78 is 0. The molecular weight excluding hydrogens is 216 g/mol. The molecule has 1 saturated carbocycles. The highest BCUT2D eigenvalue weighted by molar-refractivity contribution is 8.76. The average Bonchev–Trinajstić information content (AvgIpc) is 2.40. The second-order valence-electron chi connectivity index (χ2n) is 3.90. The van der Waals surface area contributed by atoms with E-state index < -0.39 is 0 Å². The van der Waals surface area contributed by atoms with Crippen molar-refractivity contribution in [2.45, 2.75) is 18.9 Å². The maximum atomic E-state index is 11.9. The van der Waals surface area contributed by atoms with Crippen LogP contribution in [0.4, 0.5) is 0 Å². The molecule has 1 heterocycles. The highest BCUT2D eigenvalue weighted by Crippen LogP contribution is 2.30. The first-order valence-electron chi connectivity index (χ1n) is 5.06. The van der Waals surface area contributed by atoms with E-state index in [1.165, 1.54) is 0 Å². The minimum atomic E-state index is 0.234. The largest absolute Gasteiger partial charge is 0.341 e. The summed E-state index contributed by atoms with van der Waals surface area (Å²) in [7, 11) is 3.75. The van der Waals surface area contributed by atoms with Crippen molar-refractivity contribution in [3.8, 4) is 0 Å². The Balaban J connectivity index is 1.83. The highest BCUT2D eigenvalue weighted by atomic mass is 33.1. The van der Waals surface area contributed by atoms with Crippen LogP contribution in [0, 0.1) is 5.92 Å². The Kier molecular flexibility index (Phi) is 3.62. The van der Waals surface area contributed by atoms with E-state index in [2.05, 4.69) is 0 Å². The second-order valence-corrected chi connectivity index (χ2v) is 6.60. The number of carbonyl (C=O) groups excluding carboxylic acids is 1. The Morgan fingerprint density at radius 1 is 1.21 bits per heavy atom. The Morgan fingerprint density at radius 2 is 1.79 bits per heavy atom. The van der Waals surface area contributed by atoms with Gasteiger partial charge in [0.1, 0.15) is 0 Å². The molecule has 0 aromatic rings. The van der Waals surface area contributed by atoms with Gasteiger partial charge in [0.15, 0.2) is 0 Å². The smallest absolute Gasteiger partial charge is 0.225 e. The van der Waals surface area contributed by atoms with Gasteiger partial charge in [0.2, 0.25) is 5.91 Å². The molecule has 0 atom stereocenters. The number of rotatable bonds is 1. The van der Waals surface area contributed by atoms with Crippen molar-refractivity contribution in [3.05, 3.63) is 0 Å². The normalized spacial score (nSPS) is 33.4. The zero-order valence-corrected chi connectivity index (χ0v) is 9.78. The van der Waals surface area contributed by atoms with Crippen LogP contribution < -0.4 is 5.73 Å². The first-order valence-corrected chi connectivity index (χ1v) is 7.55. The second kappa shape index (κ2) is 4.77. The van der Waals surface area contributed by atoms with E-state index >= 15 is 0 Å². The Morgan fingerprint density at radius 3 is 2.29 bits per heavy atom. The number of nitrogens with two attached hydrogens (primary N) is 1. The van der Waals surface area contributed by atoms with E-state index in [9.17, 15) is 4.79 Å². The van der Waals surface area contributed by atoms with Gasteiger partial charge in [-0.2, -0.15) is 0 Å². The quantitative estimate of drug-likeness (QED) is 0.684. The lowest BCUT2D eigenvalue weighted by Crippen LogP contribution is -2.47. The minimum absolute atomic E-state index is 0.234. The van der Waals surface area contributed by atoms with Gasteiger partial charge in [0.25, 0.3) is 0 Å². The molecule has 1 aliphatic carbocycles. The van der Waals surface area contributed by atoms with Crippen LogP contribution in [0.25, 0.3) is 0 Å². The fourth-order valence-electron chi connectivity index (χ4n) is 1.87. The SMILES string of the molecule is NC1CC(C(=O)N2CCSSCC2)C1. The molecule has 2 rings (SSSR count). The van der Waals surface area contributed by atoms with Crippen molar-refractivity contribution >= 4 is 27.5 Å².